The molecule has 1 aromatic carbocycles. The number of nitrogens with zero attached hydrogens (tertiary/aromatic N) is 3. The van der Waals surface area contributed by atoms with E-state index in [9.17, 15) is 0 Å². The van der Waals surface area contributed by atoms with Gasteiger partial charge in [0.2, 0.25) is 0 Å². The number of aromatic nitrogens is 2. The molecular formula is C15H18N4O. The fourth-order valence-electron chi connectivity index (χ4n) is 2.34. The van der Waals surface area contributed by atoms with Crippen molar-refractivity contribution in [2.24, 2.45) is 0 Å². The summed E-state index contributed by atoms with van der Waals surface area (Å²) in [6.07, 6.45) is 0.777. The summed E-state index contributed by atoms with van der Waals surface area (Å²) in [6.45, 7) is 4.23. The average molecular weight is 270 g/mol. The maximum absolute atomic E-state index is 5.87. The lowest BCUT2D eigenvalue weighted by atomic mass is 10.2. The van der Waals surface area contributed by atoms with Gasteiger partial charge in [0.15, 0.2) is 0 Å². The third-order valence-corrected chi connectivity index (χ3v) is 3.37. The van der Waals surface area contributed by atoms with E-state index >= 15 is 0 Å². The number of hydrogen-bond donors (Lipinski definition) is 1. The SMILES string of the molecule is CCc1nc(N)cc(N2CCOc3ccccc3C2)n1. The largest absolute Gasteiger partial charge is 0.491 e. The topological polar surface area (TPSA) is 64.3 Å². The first-order valence-corrected chi connectivity index (χ1v) is 6.85. The van der Waals surface area contributed by atoms with Gasteiger partial charge in [0, 0.05) is 24.6 Å². The number of hydrogen-bond acceptors (Lipinski definition) is 5. The number of rotatable bonds is 2. The molecule has 2 N–H and O–H groups in total. The summed E-state index contributed by atoms with van der Waals surface area (Å²) in [6, 6.07) is 9.93. The quantitative estimate of drug-likeness (QED) is 0.904. The van der Waals surface area contributed by atoms with Crippen molar-refractivity contribution >= 4 is 11.6 Å². The molecule has 0 bridgehead atoms. The minimum Gasteiger partial charge on any atom is -0.491 e. The van der Waals surface area contributed by atoms with Crippen LogP contribution in [0.2, 0.25) is 0 Å². The Hall–Kier alpha value is -2.30. The van der Waals surface area contributed by atoms with Crippen molar-refractivity contribution in [2.75, 3.05) is 23.8 Å². The summed E-state index contributed by atoms with van der Waals surface area (Å²) in [5, 5.41) is 0. The predicted octanol–water partition coefficient (Wildman–Crippen LogP) is 2.02. The van der Waals surface area contributed by atoms with Crippen molar-refractivity contribution in [2.45, 2.75) is 19.9 Å². The van der Waals surface area contributed by atoms with Crippen molar-refractivity contribution in [1.82, 2.24) is 9.97 Å². The van der Waals surface area contributed by atoms with Crippen LogP contribution in [0.4, 0.5) is 11.6 Å². The van der Waals surface area contributed by atoms with Crippen molar-refractivity contribution < 1.29 is 4.74 Å². The zero-order valence-corrected chi connectivity index (χ0v) is 11.5. The second kappa shape index (κ2) is 5.36. The third-order valence-electron chi connectivity index (χ3n) is 3.37. The van der Waals surface area contributed by atoms with Gasteiger partial charge >= 0.3 is 0 Å². The summed E-state index contributed by atoms with van der Waals surface area (Å²) in [5.74, 6) is 3.12. The van der Waals surface area contributed by atoms with E-state index in [2.05, 4.69) is 20.9 Å². The summed E-state index contributed by atoms with van der Waals surface area (Å²) >= 11 is 0. The second-order valence-corrected chi connectivity index (χ2v) is 4.80. The Morgan fingerprint density at radius 1 is 1.30 bits per heavy atom. The Bertz CT molecular complexity index is 615. The molecule has 0 unspecified atom stereocenters. The first-order chi connectivity index (χ1) is 9.76. The monoisotopic (exact) mass is 270 g/mol. The lowest BCUT2D eigenvalue weighted by Gasteiger charge is -2.21. The Balaban J connectivity index is 1.93. The van der Waals surface area contributed by atoms with E-state index in [0.717, 1.165) is 36.9 Å². The van der Waals surface area contributed by atoms with Crippen LogP contribution in [0, 0.1) is 0 Å². The van der Waals surface area contributed by atoms with E-state index < -0.39 is 0 Å². The Kier molecular flexibility index (Phi) is 3.41. The van der Waals surface area contributed by atoms with E-state index in [1.165, 1.54) is 5.56 Å². The molecule has 1 aliphatic heterocycles. The molecule has 5 nitrogen and oxygen atoms in total. The standard InChI is InChI=1S/C15H18N4O/c1-2-14-17-13(16)9-15(18-14)19-7-8-20-12-6-4-3-5-11(12)10-19/h3-6,9H,2,7-8,10H2,1H3,(H2,16,17,18). The van der Waals surface area contributed by atoms with E-state index in [1.807, 2.05) is 31.2 Å². The van der Waals surface area contributed by atoms with Gasteiger partial charge in [-0.3, -0.25) is 0 Å². The van der Waals surface area contributed by atoms with Gasteiger partial charge in [-0.15, -0.1) is 0 Å². The lowest BCUT2D eigenvalue weighted by Crippen LogP contribution is -2.26. The van der Waals surface area contributed by atoms with Gasteiger partial charge in [-0.05, 0) is 6.07 Å². The molecule has 2 heterocycles. The highest BCUT2D eigenvalue weighted by Crippen LogP contribution is 2.25. The number of ether oxygens (including phenoxy) is 1. The summed E-state index contributed by atoms with van der Waals surface area (Å²) < 4.78 is 5.77. The summed E-state index contributed by atoms with van der Waals surface area (Å²) in [7, 11) is 0. The molecule has 20 heavy (non-hydrogen) atoms. The van der Waals surface area contributed by atoms with Crippen LogP contribution in [0.5, 0.6) is 5.75 Å². The van der Waals surface area contributed by atoms with E-state index in [-0.39, 0.29) is 0 Å². The maximum atomic E-state index is 5.87. The van der Waals surface area contributed by atoms with Crippen LogP contribution >= 0.6 is 0 Å². The molecule has 0 amide bonds. The molecule has 2 aromatic rings. The smallest absolute Gasteiger partial charge is 0.134 e. The first kappa shape index (κ1) is 12.7. The molecular weight excluding hydrogens is 252 g/mol. The van der Waals surface area contributed by atoms with Crippen LogP contribution in [0.25, 0.3) is 0 Å². The van der Waals surface area contributed by atoms with E-state index in [4.69, 9.17) is 10.5 Å². The molecule has 0 fully saturated rings. The number of aryl methyl sites for hydroxylation is 1. The van der Waals surface area contributed by atoms with Gasteiger partial charge in [-0.1, -0.05) is 25.1 Å². The van der Waals surface area contributed by atoms with Crippen molar-refractivity contribution in [1.29, 1.82) is 0 Å². The molecule has 0 saturated carbocycles. The number of nitrogens with two attached hydrogens (primary N) is 1. The summed E-state index contributed by atoms with van der Waals surface area (Å²) in [4.78, 5) is 11.0. The van der Waals surface area contributed by atoms with Crippen LogP contribution in [0.1, 0.15) is 18.3 Å². The molecule has 0 spiro atoms. The number of fused-ring (bicyclic) bond motifs is 1. The fourth-order valence-corrected chi connectivity index (χ4v) is 2.34. The van der Waals surface area contributed by atoms with Gasteiger partial charge in [-0.2, -0.15) is 0 Å². The van der Waals surface area contributed by atoms with Gasteiger partial charge in [0.05, 0.1) is 6.54 Å². The van der Waals surface area contributed by atoms with Gasteiger partial charge in [0.1, 0.15) is 29.8 Å². The van der Waals surface area contributed by atoms with Crippen LogP contribution in [0.15, 0.2) is 30.3 Å². The van der Waals surface area contributed by atoms with Crippen LogP contribution in [-0.4, -0.2) is 23.1 Å². The van der Waals surface area contributed by atoms with Gasteiger partial charge in [0.25, 0.3) is 0 Å². The number of benzene rings is 1. The van der Waals surface area contributed by atoms with Crippen LogP contribution in [-0.2, 0) is 13.0 Å². The second-order valence-electron chi connectivity index (χ2n) is 4.80. The number of nitrogen functional groups attached to an aromatic ring is 1. The Morgan fingerprint density at radius 2 is 2.15 bits per heavy atom. The first-order valence-electron chi connectivity index (χ1n) is 6.85. The molecule has 0 aliphatic carbocycles. The van der Waals surface area contributed by atoms with Crippen molar-refractivity contribution in [3.8, 4) is 5.75 Å². The Morgan fingerprint density at radius 3 is 3.00 bits per heavy atom. The minimum absolute atomic E-state index is 0.519. The van der Waals surface area contributed by atoms with E-state index in [0.29, 0.717) is 12.4 Å². The summed E-state index contributed by atoms with van der Waals surface area (Å²) in [5.41, 5.74) is 7.03. The van der Waals surface area contributed by atoms with Gasteiger partial charge < -0.3 is 15.4 Å². The van der Waals surface area contributed by atoms with E-state index in [1.54, 1.807) is 0 Å². The van der Waals surface area contributed by atoms with Crippen LogP contribution < -0.4 is 15.4 Å². The lowest BCUT2D eigenvalue weighted by molar-refractivity contribution is 0.331. The van der Waals surface area contributed by atoms with Crippen molar-refractivity contribution in [3.05, 3.63) is 41.7 Å². The maximum Gasteiger partial charge on any atom is 0.134 e. The molecule has 0 saturated heterocycles. The Labute approximate surface area is 118 Å². The highest BCUT2D eigenvalue weighted by molar-refractivity contribution is 5.49. The minimum atomic E-state index is 0.519. The molecule has 0 atom stereocenters. The molecule has 1 aliphatic rings. The molecule has 3 rings (SSSR count). The number of para-hydroxylation sites is 1. The average Bonchev–Trinajstić information content (AvgIpc) is 2.68. The van der Waals surface area contributed by atoms with Crippen LogP contribution in [0.3, 0.4) is 0 Å². The predicted molar refractivity (Wildman–Crippen MR) is 78.8 cm³/mol. The molecule has 104 valence electrons. The zero-order chi connectivity index (χ0) is 13.9. The molecule has 1 aromatic heterocycles. The zero-order valence-electron chi connectivity index (χ0n) is 11.5. The van der Waals surface area contributed by atoms with Gasteiger partial charge in [-0.25, -0.2) is 9.97 Å². The highest BCUT2D eigenvalue weighted by atomic mass is 16.5. The van der Waals surface area contributed by atoms with Crippen molar-refractivity contribution in [3.63, 3.8) is 0 Å². The third kappa shape index (κ3) is 2.52. The molecule has 0 radical (unpaired) electrons. The normalized spacial score (nSPS) is 14.3. The number of anilines is 2. The highest BCUT2D eigenvalue weighted by Gasteiger charge is 2.17. The fraction of sp³-hybridized carbons (Fsp3) is 0.333. The molecule has 5 heteroatoms.